The van der Waals surface area contributed by atoms with Crippen LogP contribution in [-0.4, -0.2) is 58.3 Å². The first kappa shape index (κ1) is 23.0. The zero-order chi connectivity index (χ0) is 21.3. The monoisotopic (exact) mass is 421 g/mol. The molecule has 1 heterocycles. The van der Waals surface area contributed by atoms with E-state index in [1.54, 1.807) is 36.4 Å². The second-order valence-corrected chi connectivity index (χ2v) is 8.50. The van der Waals surface area contributed by atoms with Gasteiger partial charge in [-0.25, -0.2) is 8.42 Å². The van der Waals surface area contributed by atoms with Crippen LogP contribution < -0.4 is 5.32 Å². The van der Waals surface area contributed by atoms with Crippen molar-refractivity contribution < 1.29 is 27.4 Å². The van der Waals surface area contributed by atoms with Crippen LogP contribution in [0.5, 0.6) is 0 Å². The van der Waals surface area contributed by atoms with E-state index < -0.39 is 39.9 Å². The van der Waals surface area contributed by atoms with Crippen molar-refractivity contribution in [3.8, 4) is 0 Å². The van der Waals surface area contributed by atoms with E-state index in [4.69, 9.17) is 14.2 Å². The third kappa shape index (κ3) is 6.93. The lowest BCUT2D eigenvalue weighted by molar-refractivity contribution is -0.145. The zero-order valence-corrected chi connectivity index (χ0v) is 17.3. The molecule has 1 N–H and O–H groups in total. The number of carbonyl (C=O) groups excluding carboxylic acids is 1. The first-order valence-corrected chi connectivity index (χ1v) is 10.8. The Morgan fingerprint density at radius 2 is 1.86 bits per heavy atom. The highest BCUT2D eigenvalue weighted by Gasteiger charge is 2.32. The van der Waals surface area contributed by atoms with E-state index in [1.807, 2.05) is 6.92 Å². The lowest BCUT2D eigenvalue weighted by Gasteiger charge is -2.31. The molecule has 1 aliphatic rings. The van der Waals surface area contributed by atoms with Gasteiger partial charge >= 0.3 is 0 Å². The molecule has 0 aromatic heterocycles. The Morgan fingerprint density at radius 1 is 1.17 bits per heavy atom. The summed E-state index contributed by atoms with van der Waals surface area (Å²) in [7, 11) is -3.65. The van der Waals surface area contributed by atoms with Gasteiger partial charge in [-0.1, -0.05) is 35.9 Å². The van der Waals surface area contributed by atoms with E-state index in [-0.39, 0.29) is 11.5 Å². The summed E-state index contributed by atoms with van der Waals surface area (Å²) >= 11 is 0. The number of carbonyl (C=O) groups is 1. The highest BCUT2D eigenvalue weighted by Crippen LogP contribution is 2.18. The van der Waals surface area contributed by atoms with Gasteiger partial charge in [-0.15, -0.1) is 13.2 Å². The summed E-state index contributed by atoms with van der Waals surface area (Å²) in [5.41, 5.74) is 0.951. The van der Waals surface area contributed by atoms with Crippen LogP contribution in [-0.2, 0) is 28.8 Å². The number of aryl methyl sites for hydroxylation is 1. The van der Waals surface area contributed by atoms with Gasteiger partial charge in [0.15, 0.2) is 15.9 Å². The summed E-state index contributed by atoms with van der Waals surface area (Å²) in [6.45, 7) is 9.92. The quantitative estimate of drug-likeness (QED) is 0.434. The summed E-state index contributed by atoms with van der Waals surface area (Å²) in [4.78, 5) is 12.6. The van der Waals surface area contributed by atoms with Gasteiger partial charge in [0, 0.05) is 0 Å². The minimum absolute atomic E-state index is 0.150. The van der Waals surface area contributed by atoms with E-state index in [9.17, 15) is 13.2 Å². The van der Waals surface area contributed by atoms with Crippen LogP contribution in [0, 0.1) is 6.92 Å². The van der Waals surface area contributed by atoms with Crippen molar-refractivity contribution in [2.24, 2.45) is 0 Å². The molecular formula is C21H27NO6S. The van der Waals surface area contributed by atoms with Crippen LogP contribution in [0.4, 0.5) is 0 Å². The highest BCUT2D eigenvalue weighted by atomic mass is 32.2. The molecule has 1 amide bonds. The first-order chi connectivity index (χ1) is 13.9. The first-order valence-electron chi connectivity index (χ1n) is 9.19. The molecule has 7 nitrogen and oxygen atoms in total. The summed E-state index contributed by atoms with van der Waals surface area (Å²) in [5.74, 6) is -1.07. The molecule has 2 rings (SSSR count). The summed E-state index contributed by atoms with van der Waals surface area (Å²) < 4.78 is 41.6. The predicted molar refractivity (Wildman–Crippen MR) is 110 cm³/mol. The molecule has 1 aromatic rings. The van der Waals surface area contributed by atoms with E-state index in [1.165, 1.54) is 12.1 Å². The van der Waals surface area contributed by atoms with E-state index in [0.717, 1.165) is 5.56 Å². The molecule has 0 aliphatic carbocycles. The Balaban J connectivity index is 1.99. The number of rotatable bonds is 11. The van der Waals surface area contributed by atoms with Crippen molar-refractivity contribution in [3.05, 3.63) is 67.3 Å². The molecule has 1 aromatic carbocycles. The molecule has 0 saturated heterocycles. The Labute approximate surface area is 172 Å². The fourth-order valence-corrected chi connectivity index (χ4v) is 3.68. The molecule has 0 saturated carbocycles. The Bertz CT molecular complexity index is 831. The summed E-state index contributed by atoms with van der Waals surface area (Å²) in [5, 5.41) is 2.43. The fraction of sp³-hybridized carbons (Fsp3) is 0.381. The normalized spacial score (nSPS) is 21.5. The van der Waals surface area contributed by atoms with Gasteiger partial charge in [0.05, 0.1) is 24.7 Å². The summed E-state index contributed by atoms with van der Waals surface area (Å²) in [6.07, 6.45) is 4.62. The van der Waals surface area contributed by atoms with Crippen molar-refractivity contribution in [1.29, 1.82) is 0 Å². The van der Waals surface area contributed by atoms with Gasteiger partial charge in [-0.05, 0) is 25.1 Å². The van der Waals surface area contributed by atoms with Crippen molar-refractivity contribution >= 4 is 15.7 Å². The summed E-state index contributed by atoms with van der Waals surface area (Å²) in [6, 6.07) is 6.45. The Hall–Kier alpha value is -2.26. The average molecular weight is 422 g/mol. The SMILES string of the molecule is C=CCOC[C@H]1OC(C(=O)NCS(=O)(=O)c2ccc(C)cc2)C=C[C@@H]1OCC=C. The van der Waals surface area contributed by atoms with Crippen LogP contribution >= 0.6 is 0 Å². The minimum atomic E-state index is -3.65. The van der Waals surface area contributed by atoms with E-state index in [2.05, 4.69) is 18.5 Å². The number of sulfone groups is 1. The zero-order valence-electron chi connectivity index (χ0n) is 16.5. The smallest absolute Gasteiger partial charge is 0.253 e. The van der Waals surface area contributed by atoms with Crippen LogP contribution in [0.3, 0.4) is 0 Å². The fourth-order valence-electron chi connectivity index (χ4n) is 2.63. The standard InChI is InChI=1S/C21H27NO6S/c1-4-12-26-14-20-18(27-13-5-2)10-11-19(28-20)21(23)22-15-29(24,25)17-8-6-16(3)7-9-17/h4-11,18-20H,1-2,12-15H2,3H3,(H,22,23)/t18-,19?,20+/m0/s1. The van der Waals surface area contributed by atoms with Gasteiger partial charge in [0.2, 0.25) is 0 Å². The number of ether oxygens (including phenoxy) is 3. The third-order valence-electron chi connectivity index (χ3n) is 4.16. The molecule has 1 unspecified atom stereocenters. The molecule has 0 spiro atoms. The maximum absolute atomic E-state index is 12.5. The number of nitrogens with one attached hydrogen (secondary N) is 1. The topological polar surface area (TPSA) is 90.9 Å². The van der Waals surface area contributed by atoms with Crippen LogP contribution in [0.2, 0.25) is 0 Å². The van der Waals surface area contributed by atoms with E-state index >= 15 is 0 Å². The second kappa shape index (κ2) is 11.1. The van der Waals surface area contributed by atoms with E-state index in [0.29, 0.717) is 13.2 Å². The van der Waals surface area contributed by atoms with Crippen molar-refractivity contribution in [3.63, 3.8) is 0 Å². The molecule has 8 heteroatoms. The largest absolute Gasteiger partial charge is 0.375 e. The van der Waals surface area contributed by atoms with Gasteiger partial charge < -0.3 is 19.5 Å². The molecule has 1 aliphatic heterocycles. The number of benzene rings is 1. The van der Waals surface area contributed by atoms with Gasteiger partial charge in [-0.3, -0.25) is 4.79 Å². The molecule has 0 fully saturated rings. The maximum Gasteiger partial charge on any atom is 0.253 e. The number of hydrogen-bond donors (Lipinski definition) is 1. The Morgan fingerprint density at radius 3 is 2.52 bits per heavy atom. The third-order valence-corrected chi connectivity index (χ3v) is 5.68. The lowest BCUT2D eigenvalue weighted by Crippen LogP contribution is -2.46. The Kier molecular flexibility index (Phi) is 8.78. The van der Waals surface area contributed by atoms with Crippen molar-refractivity contribution in [2.75, 3.05) is 25.7 Å². The maximum atomic E-state index is 12.5. The van der Waals surface area contributed by atoms with Gasteiger partial charge in [0.25, 0.3) is 5.91 Å². The molecule has 158 valence electrons. The molecule has 0 radical (unpaired) electrons. The number of hydrogen-bond acceptors (Lipinski definition) is 6. The van der Waals surface area contributed by atoms with Gasteiger partial charge in [0.1, 0.15) is 18.1 Å². The average Bonchev–Trinajstić information content (AvgIpc) is 2.71. The second-order valence-electron chi connectivity index (χ2n) is 6.51. The lowest BCUT2D eigenvalue weighted by atomic mass is 10.1. The van der Waals surface area contributed by atoms with Gasteiger partial charge in [-0.2, -0.15) is 0 Å². The van der Waals surface area contributed by atoms with Crippen LogP contribution in [0.15, 0.2) is 66.6 Å². The van der Waals surface area contributed by atoms with Crippen molar-refractivity contribution in [1.82, 2.24) is 5.32 Å². The molecule has 3 atom stereocenters. The van der Waals surface area contributed by atoms with Crippen molar-refractivity contribution in [2.45, 2.75) is 30.1 Å². The minimum Gasteiger partial charge on any atom is -0.375 e. The molecule has 0 bridgehead atoms. The highest BCUT2D eigenvalue weighted by molar-refractivity contribution is 7.91. The molecular weight excluding hydrogens is 394 g/mol. The number of amides is 1. The van der Waals surface area contributed by atoms with Crippen LogP contribution in [0.1, 0.15) is 5.56 Å². The van der Waals surface area contributed by atoms with Crippen LogP contribution in [0.25, 0.3) is 0 Å². The molecule has 29 heavy (non-hydrogen) atoms. The predicted octanol–water partition coefficient (Wildman–Crippen LogP) is 1.94.